The van der Waals surface area contributed by atoms with Gasteiger partial charge in [-0.05, 0) is 27.7 Å². The topological polar surface area (TPSA) is 92.3 Å². The van der Waals surface area contributed by atoms with Crippen molar-refractivity contribution in [3.05, 3.63) is 0 Å². The number of hydrogen-bond acceptors (Lipinski definition) is 7. The Hall–Kier alpha value is -2.12. The van der Waals surface area contributed by atoms with Gasteiger partial charge in [-0.15, -0.1) is 0 Å². The van der Waals surface area contributed by atoms with Crippen molar-refractivity contribution >= 4 is 17.8 Å². The summed E-state index contributed by atoms with van der Waals surface area (Å²) in [6.45, 7) is 10.3. The molecule has 2 N–H and O–H groups in total. The highest BCUT2D eigenvalue weighted by molar-refractivity contribution is 5.80. The van der Waals surface area contributed by atoms with Crippen molar-refractivity contribution in [2.24, 2.45) is 0 Å². The van der Waals surface area contributed by atoms with Crippen LogP contribution in [0.4, 0.5) is 11.9 Å². The molecule has 8 heteroatoms. The number of hydrogen-bond donors (Lipinski definition) is 2. The van der Waals surface area contributed by atoms with Gasteiger partial charge in [-0.2, -0.15) is 15.0 Å². The van der Waals surface area contributed by atoms with Crippen LogP contribution in [0, 0.1) is 0 Å². The number of nitrogens with zero attached hydrogens (tertiary/aromatic N) is 4. The molecule has 21 heavy (non-hydrogen) atoms. The maximum atomic E-state index is 11.9. The minimum atomic E-state index is 0.00312. The van der Waals surface area contributed by atoms with Crippen LogP contribution in [0.3, 0.4) is 0 Å². The van der Waals surface area contributed by atoms with Gasteiger partial charge in [-0.1, -0.05) is 0 Å². The summed E-state index contributed by atoms with van der Waals surface area (Å²) in [5.74, 6) is 0.752. The summed E-state index contributed by atoms with van der Waals surface area (Å²) in [5.41, 5.74) is 0. The van der Waals surface area contributed by atoms with Crippen molar-refractivity contribution in [1.29, 1.82) is 0 Å². The number of aromatic nitrogens is 3. The lowest BCUT2D eigenvalue weighted by Gasteiger charge is -2.18. The molecule has 1 aromatic rings. The third kappa shape index (κ3) is 5.41. The molecule has 1 aromatic heterocycles. The smallest absolute Gasteiger partial charge is 0.323 e. The number of carbonyl (C=O) groups is 1. The van der Waals surface area contributed by atoms with Gasteiger partial charge in [0.25, 0.3) is 0 Å². The summed E-state index contributed by atoms with van der Waals surface area (Å²) in [7, 11) is 0. The third-order valence-corrected chi connectivity index (χ3v) is 2.74. The molecule has 0 radical (unpaired) electrons. The van der Waals surface area contributed by atoms with Crippen molar-refractivity contribution in [3.8, 4) is 6.01 Å². The molecular weight excluding hydrogens is 272 g/mol. The molecule has 0 aliphatic heterocycles. The molecule has 1 heterocycles. The van der Waals surface area contributed by atoms with Crippen LogP contribution in [-0.4, -0.2) is 58.5 Å². The minimum Gasteiger partial charge on any atom is -0.464 e. The summed E-state index contributed by atoms with van der Waals surface area (Å²) < 4.78 is 5.29. The monoisotopic (exact) mass is 296 g/mol. The van der Waals surface area contributed by atoms with Crippen molar-refractivity contribution in [3.63, 3.8) is 0 Å². The maximum absolute atomic E-state index is 11.9. The van der Waals surface area contributed by atoms with Crippen LogP contribution >= 0.6 is 0 Å². The summed E-state index contributed by atoms with van der Waals surface area (Å²) >= 11 is 0. The quantitative estimate of drug-likeness (QED) is 0.701. The molecule has 0 saturated carbocycles. The predicted octanol–water partition coefficient (Wildman–Crippen LogP) is 0.982. The van der Waals surface area contributed by atoms with E-state index in [9.17, 15) is 4.79 Å². The van der Waals surface area contributed by atoms with Gasteiger partial charge in [0.1, 0.15) is 0 Å². The Balaban J connectivity index is 2.74. The molecule has 8 nitrogen and oxygen atoms in total. The fourth-order valence-electron chi connectivity index (χ4n) is 1.71. The Morgan fingerprint density at radius 3 is 2.19 bits per heavy atom. The van der Waals surface area contributed by atoms with Crippen LogP contribution in [0.5, 0.6) is 6.01 Å². The molecule has 0 unspecified atom stereocenters. The van der Waals surface area contributed by atoms with E-state index < -0.39 is 0 Å². The van der Waals surface area contributed by atoms with E-state index in [0.29, 0.717) is 38.1 Å². The van der Waals surface area contributed by atoms with E-state index in [1.165, 1.54) is 0 Å². The first-order chi connectivity index (χ1) is 10.1. The standard InChI is InChI=1S/C13H24N6O2/c1-5-14-11-16-12(18-13(17-11)21-8-4)15-9-10(20)19(6-2)7-3/h5-9H2,1-4H3,(H2,14,15,16,17,18). The number of likely N-dealkylation sites (N-methyl/N-ethyl adjacent to an activating group) is 1. The van der Waals surface area contributed by atoms with Crippen molar-refractivity contribution in [2.45, 2.75) is 27.7 Å². The van der Waals surface area contributed by atoms with E-state index in [4.69, 9.17) is 4.74 Å². The summed E-state index contributed by atoms with van der Waals surface area (Å²) in [5, 5.41) is 5.92. The Labute approximate surface area is 125 Å². The lowest BCUT2D eigenvalue weighted by Crippen LogP contribution is -2.35. The van der Waals surface area contributed by atoms with Crippen molar-refractivity contribution in [1.82, 2.24) is 19.9 Å². The Morgan fingerprint density at radius 1 is 1.05 bits per heavy atom. The average molecular weight is 296 g/mol. The van der Waals surface area contributed by atoms with E-state index in [1.54, 1.807) is 4.90 Å². The SMILES string of the molecule is CCNc1nc(NCC(=O)N(CC)CC)nc(OCC)n1. The molecule has 1 amide bonds. The second-order valence-electron chi connectivity index (χ2n) is 4.15. The van der Waals surface area contributed by atoms with Crippen LogP contribution in [0.15, 0.2) is 0 Å². The second-order valence-corrected chi connectivity index (χ2v) is 4.15. The zero-order valence-electron chi connectivity index (χ0n) is 13.1. The van der Waals surface area contributed by atoms with Gasteiger partial charge in [0.05, 0.1) is 13.2 Å². The highest BCUT2D eigenvalue weighted by Crippen LogP contribution is 2.11. The van der Waals surface area contributed by atoms with E-state index in [1.807, 2.05) is 27.7 Å². The molecule has 1 rings (SSSR count). The normalized spacial score (nSPS) is 10.1. The molecule has 0 aliphatic rings. The van der Waals surface area contributed by atoms with Gasteiger partial charge in [0.15, 0.2) is 0 Å². The predicted molar refractivity (Wildman–Crippen MR) is 81.6 cm³/mol. The Morgan fingerprint density at radius 2 is 1.67 bits per heavy atom. The number of nitrogens with one attached hydrogen (secondary N) is 2. The third-order valence-electron chi connectivity index (χ3n) is 2.74. The molecule has 0 saturated heterocycles. The molecule has 0 aromatic carbocycles. The van der Waals surface area contributed by atoms with Gasteiger partial charge in [0.2, 0.25) is 17.8 Å². The number of carbonyl (C=O) groups excluding carboxylic acids is 1. The van der Waals surface area contributed by atoms with Crippen LogP contribution in [0.2, 0.25) is 0 Å². The summed E-state index contributed by atoms with van der Waals surface area (Å²) in [6.07, 6.45) is 0. The lowest BCUT2D eigenvalue weighted by atomic mass is 10.4. The number of ether oxygens (including phenoxy) is 1. The van der Waals surface area contributed by atoms with Crippen LogP contribution in [-0.2, 0) is 4.79 Å². The van der Waals surface area contributed by atoms with Gasteiger partial charge in [-0.25, -0.2) is 0 Å². The van der Waals surface area contributed by atoms with Gasteiger partial charge >= 0.3 is 6.01 Å². The molecule has 0 bridgehead atoms. The van der Waals surface area contributed by atoms with Crippen molar-refractivity contribution < 1.29 is 9.53 Å². The molecular formula is C13H24N6O2. The second kappa shape index (κ2) is 8.93. The minimum absolute atomic E-state index is 0.00312. The van der Waals surface area contributed by atoms with E-state index >= 15 is 0 Å². The molecule has 0 fully saturated rings. The number of anilines is 2. The zero-order valence-corrected chi connectivity index (χ0v) is 13.1. The average Bonchev–Trinajstić information content (AvgIpc) is 2.47. The maximum Gasteiger partial charge on any atom is 0.323 e. The Bertz CT molecular complexity index is 426. The van der Waals surface area contributed by atoms with E-state index in [0.717, 1.165) is 0 Å². The van der Waals surface area contributed by atoms with E-state index in [-0.39, 0.29) is 18.5 Å². The summed E-state index contributed by atoms with van der Waals surface area (Å²) in [4.78, 5) is 26.1. The van der Waals surface area contributed by atoms with Crippen LogP contribution in [0.25, 0.3) is 0 Å². The summed E-state index contributed by atoms with van der Waals surface area (Å²) in [6, 6.07) is 0.237. The Kier molecular flexibility index (Phi) is 7.20. The van der Waals surface area contributed by atoms with Gasteiger partial charge < -0.3 is 20.3 Å². The number of amides is 1. The van der Waals surface area contributed by atoms with E-state index in [2.05, 4.69) is 25.6 Å². The molecule has 0 atom stereocenters. The van der Waals surface area contributed by atoms with Crippen LogP contribution < -0.4 is 15.4 Å². The zero-order chi connectivity index (χ0) is 15.7. The van der Waals surface area contributed by atoms with Crippen molar-refractivity contribution in [2.75, 3.05) is 43.4 Å². The first-order valence-electron chi connectivity index (χ1n) is 7.28. The molecule has 118 valence electrons. The number of rotatable bonds is 9. The fraction of sp³-hybridized carbons (Fsp3) is 0.692. The van der Waals surface area contributed by atoms with Crippen LogP contribution in [0.1, 0.15) is 27.7 Å². The molecule has 0 spiro atoms. The first-order valence-corrected chi connectivity index (χ1v) is 7.28. The largest absolute Gasteiger partial charge is 0.464 e. The molecule has 0 aliphatic carbocycles. The highest BCUT2D eigenvalue weighted by atomic mass is 16.5. The lowest BCUT2D eigenvalue weighted by molar-refractivity contribution is -0.128. The van der Waals surface area contributed by atoms with Gasteiger partial charge in [0, 0.05) is 19.6 Å². The first kappa shape index (κ1) is 16.9. The highest BCUT2D eigenvalue weighted by Gasteiger charge is 2.11. The fourth-order valence-corrected chi connectivity index (χ4v) is 1.71. The van der Waals surface area contributed by atoms with Gasteiger partial charge in [-0.3, -0.25) is 4.79 Å².